The quantitative estimate of drug-likeness (QED) is 0.633. The van der Waals surface area contributed by atoms with E-state index in [1.165, 1.54) is 11.6 Å². The first-order chi connectivity index (χ1) is 8.71. The molecule has 0 amide bonds. The monoisotopic (exact) mass is 311 g/mol. The molecule has 4 nitrogen and oxygen atoms in total. The molecule has 0 fully saturated rings. The fourth-order valence-electron chi connectivity index (χ4n) is 1.55. The molecular weight excluding hydrogens is 306 g/mol. The van der Waals surface area contributed by atoms with E-state index in [1.807, 2.05) is 0 Å². The number of ketones is 1. The van der Waals surface area contributed by atoms with Gasteiger partial charge < -0.3 is 4.57 Å². The fourth-order valence-corrected chi connectivity index (χ4v) is 1.74. The van der Waals surface area contributed by atoms with Crippen molar-refractivity contribution < 1.29 is 18.0 Å². The molecular formula is C10H6Cl2F3N3O. The van der Waals surface area contributed by atoms with Crippen LogP contribution in [0.3, 0.4) is 0 Å². The first-order valence-corrected chi connectivity index (χ1v) is 5.81. The summed E-state index contributed by atoms with van der Waals surface area (Å²) >= 11 is 10.9. The number of aromatic nitrogens is 3. The summed E-state index contributed by atoms with van der Waals surface area (Å²) < 4.78 is 38.8. The zero-order valence-electron chi connectivity index (χ0n) is 9.37. The molecule has 2 rings (SSSR count). The summed E-state index contributed by atoms with van der Waals surface area (Å²) in [5.41, 5.74) is -0.842. The molecule has 102 valence electrons. The van der Waals surface area contributed by atoms with Crippen LogP contribution in [0.4, 0.5) is 13.2 Å². The number of halogens is 5. The van der Waals surface area contributed by atoms with Gasteiger partial charge in [0.2, 0.25) is 5.78 Å². The molecule has 0 bridgehead atoms. The third-order valence-electron chi connectivity index (χ3n) is 2.45. The smallest absolute Gasteiger partial charge is 0.309 e. The summed E-state index contributed by atoms with van der Waals surface area (Å²) in [5.74, 6) is -0.839. The van der Waals surface area contributed by atoms with E-state index in [4.69, 9.17) is 23.2 Å². The minimum atomic E-state index is -4.52. The van der Waals surface area contributed by atoms with E-state index in [1.54, 1.807) is 0 Å². The van der Waals surface area contributed by atoms with Crippen LogP contribution in [0.2, 0.25) is 0 Å². The third-order valence-corrected chi connectivity index (χ3v) is 2.85. The van der Waals surface area contributed by atoms with E-state index in [-0.39, 0.29) is 17.0 Å². The second-order valence-electron chi connectivity index (χ2n) is 3.72. The van der Waals surface area contributed by atoms with E-state index in [0.717, 1.165) is 6.07 Å². The second-order valence-corrected chi connectivity index (χ2v) is 4.82. The van der Waals surface area contributed by atoms with Crippen molar-refractivity contribution in [2.24, 2.45) is 7.05 Å². The molecule has 2 heterocycles. The lowest BCUT2D eigenvalue weighted by molar-refractivity contribution is -0.137. The number of carbonyl (C=O) groups is 1. The number of pyridine rings is 1. The van der Waals surface area contributed by atoms with Crippen LogP contribution >= 0.6 is 23.2 Å². The molecule has 0 spiro atoms. The van der Waals surface area contributed by atoms with Gasteiger partial charge in [-0.05, 0) is 6.07 Å². The van der Waals surface area contributed by atoms with E-state index in [2.05, 4.69) is 9.97 Å². The summed E-state index contributed by atoms with van der Waals surface area (Å²) in [4.78, 5) is 17.7. The number of imidazole rings is 1. The maximum absolute atomic E-state index is 12.5. The lowest BCUT2D eigenvalue weighted by Gasteiger charge is -2.05. The van der Waals surface area contributed by atoms with Crippen LogP contribution < -0.4 is 0 Å². The lowest BCUT2D eigenvalue weighted by Crippen LogP contribution is -2.14. The number of alkyl halides is 5. The van der Waals surface area contributed by atoms with Gasteiger partial charge in [-0.15, -0.1) is 0 Å². The maximum atomic E-state index is 12.5. The molecule has 9 heteroatoms. The average molecular weight is 312 g/mol. The van der Waals surface area contributed by atoms with Gasteiger partial charge in [0, 0.05) is 13.2 Å². The van der Waals surface area contributed by atoms with Crippen molar-refractivity contribution in [3.8, 4) is 0 Å². The van der Waals surface area contributed by atoms with Crippen molar-refractivity contribution in [2.75, 3.05) is 0 Å². The van der Waals surface area contributed by atoms with Gasteiger partial charge in [-0.3, -0.25) is 4.79 Å². The van der Waals surface area contributed by atoms with Crippen LogP contribution in [0.5, 0.6) is 0 Å². The van der Waals surface area contributed by atoms with Crippen molar-refractivity contribution in [3.05, 3.63) is 23.7 Å². The molecule has 2 aromatic rings. The number of rotatable bonds is 2. The topological polar surface area (TPSA) is 47.8 Å². The Kier molecular flexibility index (Phi) is 3.44. The highest BCUT2D eigenvalue weighted by molar-refractivity contribution is 6.55. The van der Waals surface area contributed by atoms with Crippen LogP contribution in [-0.4, -0.2) is 25.2 Å². The zero-order valence-corrected chi connectivity index (χ0v) is 10.9. The Morgan fingerprint density at radius 2 is 2.05 bits per heavy atom. The van der Waals surface area contributed by atoms with Crippen LogP contribution in [0.25, 0.3) is 11.2 Å². The molecule has 0 aliphatic heterocycles. The molecule has 19 heavy (non-hydrogen) atoms. The fraction of sp³-hybridized carbons (Fsp3) is 0.300. The number of nitrogens with zero attached hydrogens (tertiary/aromatic N) is 3. The summed E-state index contributed by atoms with van der Waals surface area (Å²) in [6, 6.07) is 0.816. The number of carbonyl (C=O) groups excluding carboxylic acids is 1. The number of Topliss-reactive ketones (excluding diaryl/α,β-unsaturated/α-hetero) is 1. The molecule has 0 aromatic carbocycles. The molecule has 0 radical (unpaired) electrons. The van der Waals surface area contributed by atoms with Gasteiger partial charge in [0.1, 0.15) is 5.52 Å². The minimum Gasteiger partial charge on any atom is -0.309 e. The standard InChI is InChI=1S/C10H6Cl2F3N3O/c1-18-8-5(17-9(18)6(19)7(11)12)2-4(3-16-8)10(13,14)15/h2-3,7H,1H3. The normalized spacial score (nSPS) is 12.4. The van der Waals surface area contributed by atoms with Gasteiger partial charge in [0.05, 0.1) is 5.56 Å². The predicted octanol–water partition coefficient (Wildman–Crippen LogP) is 2.97. The van der Waals surface area contributed by atoms with Crippen LogP contribution in [0, 0.1) is 0 Å². The van der Waals surface area contributed by atoms with Crippen LogP contribution in [0.1, 0.15) is 16.2 Å². The SMILES string of the molecule is Cn1c(C(=O)C(Cl)Cl)nc2cc(C(F)(F)F)cnc21. The Labute approximate surface area is 115 Å². The van der Waals surface area contributed by atoms with Gasteiger partial charge in [0.25, 0.3) is 0 Å². The molecule has 0 unspecified atom stereocenters. The van der Waals surface area contributed by atoms with Crippen LogP contribution in [-0.2, 0) is 13.2 Å². The molecule has 0 saturated carbocycles. The first-order valence-electron chi connectivity index (χ1n) is 4.94. The first kappa shape index (κ1) is 14.1. The molecule has 0 N–H and O–H groups in total. The minimum absolute atomic E-state index is 0.0466. The highest BCUT2D eigenvalue weighted by Gasteiger charge is 2.32. The van der Waals surface area contributed by atoms with E-state index in [0.29, 0.717) is 6.20 Å². The predicted molar refractivity (Wildman–Crippen MR) is 63.3 cm³/mol. The van der Waals surface area contributed by atoms with Gasteiger partial charge in [-0.1, -0.05) is 23.2 Å². The Bertz CT molecular complexity index is 651. The van der Waals surface area contributed by atoms with E-state index in [9.17, 15) is 18.0 Å². The average Bonchev–Trinajstić information content (AvgIpc) is 2.64. The summed E-state index contributed by atoms with van der Waals surface area (Å²) in [6.07, 6.45) is -3.85. The third kappa shape index (κ3) is 2.52. The summed E-state index contributed by atoms with van der Waals surface area (Å²) in [6.45, 7) is 0. The van der Waals surface area contributed by atoms with Gasteiger partial charge in [-0.25, -0.2) is 9.97 Å². The Morgan fingerprint density at radius 1 is 1.42 bits per heavy atom. The number of aryl methyl sites for hydroxylation is 1. The second kappa shape index (κ2) is 4.64. The Hall–Kier alpha value is -1.34. The van der Waals surface area contributed by atoms with Gasteiger partial charge >= 0.3 is 6.18 Å². The van der Waals surface area contributed by atoms with Gasteiger partial charge in [0.15, 0.2) is 16.3 Å². The van der Waals surface area contributed by atoms with E-state index < -0.39 is 22.4 Å². The van der Waals surface area contributed by atoms with Crippen molar-refractivity contribution in [1.29, 1.82) is 0 Å². The van der Waals surface area contributed by atoms with Crippen molar-refractivity contribution in [3.63, 3.8) is 0 Å². The molecule has 0 saturated heterocycles. The molecule has 2 aromatic heterocycles. The summed E-state index contributed by atoms with van der Waals surface area (Å²) in [7, 11) is 1.44. The maximum Gasteiger partial charge on any atom is 0.417 e. The van der Waals surface area contributed by atoms with Crippen molar-refractivity contribution in [1.82, 2.24) is 14.5 Å². The highest BCUT2D eigenvalue weighted by atomic mass is 35.5. The molecule has 0 aliphatic carbocycles. The van der Waals surface area contributed by atoms with E-state index >= 15 is 0 Å². The Morgan fingerprint density at radius 3 is 2.58 bits per heavy atom. The lowest BCUT2D eigenvalue weighted by atomic mass is 10.2. The Balaban J connectivity index is 2.61. The number of hydrogen-bond acceptors (Lipinski definition) is 3. The summed E-state index contributed by atoms with van der Waals surface area (Å²) in [5, 5.41) is 0. The highest BCUT2D eigenvalue weighted by Crippen LogP contribution is 2.30. The largest absolute Gasteiger partial charge is 0.417 e. The molecule has 0 aliphatic rings. The van der Waals surface area contributed by atoms with Crippen molar-refractivity contribution >= 4 is 40.1 Å². The van der Waals surface area contributed by atoms with Gasteiger partial charge in [-0.2, -0.15) is 13.2 Å². The molecule has 0 atom stereocenters. The number of fused-ring (bicyclic) bond motifs is 1. The van der Waals surface area contributed by atoms with Crippen LogP contribution in [0.15, 0.2) is 12.3 Å². The van der Waals surface area contributed by atoms with Crippen molar-refractivity contribution in [2.45, 2.75) is 11.0 Å². The number of hydrogen-bond donors (Lipinski definition) is 0. The zero-order chi connectivity index (χ0) is 14.4.